The summed E-state index contributed by atoms with van der Waals surface area (Å²) >= 11 is 12.4. The third-order valence-corrected chi connectivity index (χ3v) is 6.68. The Morgan fingerprint density at radius 1 is 1.10 bits per heavy atom. The maximum Gasteiger partial charge on any atom is 0.263 e. The molecule has 2 aromatic carbocycles. The molecule has 9 heteroatoms. The number of ether oxygens (including phenoxy) is 1. The minimum Gasteiger partial charge on any atom is -0.372 e. The Balaban J connectivity index is 1.95. The number of carbonyl (C=O) groups is 1. The Kier molecular flexibility index (Phi) is 6.43. The number of amides is 1. The highest BCUT2D eigenvalue weighted by molar-refractivity contribution is 7.92. The van der Waals surface area contributed by atoms with E-state index < -0.39 is 10.0 Å². The molecule has 1 saturated heterocycles. The van der Waals surface area contributed by atoms with Crippen LogP contribution in [0.1, 0.15) is 29.8 Å². The van der Waals surface area contributed by atoms with E-state index in [1.165, 1.54) is 12.1 Å². The molecule has 1 fully saturated rings. The summed E-state index contributed by atoms with van der Waals surface area (Å²) in [5, 5.41) is 0.0386. The molecule has 0 saturated carbocycles. The zero-order chi connectivity index (χ0) is 21.3. The van der Waals surface area contributed by atoms with Crippen LogP contribution in [0.5, 0.6) is 0 Å². The molecule has 3 rings (SSSR count). The standard InChI is InChI=1S/C20H22Cl2N2O4S/c1-12-5-4-6-15(7-12)23-29(26,27)19-8-16(17(21)9-18(19)22)20(25)24-10-13(2)28-14(3)11-24/h4-9,13-14,23H,10-11H2,1-3H3. The zero-order valence-corrected chi connectivity index (χ0v) is 18.6. The maximum atomic E-state index is 13.0. The van der Waals surface area contributed by atoms with Gasteiger partial charge in [0.15, 0.2) is 0 Å². The molecule has 1 heterocycles. The van der Waals surface area contributed by atoms with Gasteiger partial charge in [-0.15, -0.1) is 0 Å². The van der Waals surface area contributed by atoms with Gasteiger partial charge in [0.25, 0.3) is 15.9 Å². The molecule has 0 aromatic heterocycles. The van der Waals surface area contributed by atoms with Gasteiger partial charge >= 0.3 is 0 Å². The summed E-state index contributed by atoms with van der Waals surface area (Å²) in [5.74, 6) is -0.360. The van der Waals surface area contributed by atoms with E-state index in [1.54, 1.807) is 23.1 Å². The summed E-state index contributed by atoms with van der Waals surface area (Å²) in [5.41, 5.74) is 1.39. The van der Waals surface area contributed by atoms with Crippen LogP contribution in [0.2, 0.25) is 10.0 Å². The van der Waals surface area contributed by atoms with Crippen molar-refractivity contribution in [3.05, 3.63) is 57.6 Å². The van der Waals surface area contributed by atoms with Crippen molar-refractivity contribution in [1.82, 2.24) is 4.90 Å². The quantitative estimate of drug-likeness (QED) is 0.741. The Hall–Kier alpha value is -1.80. The predicted octanol–water partition coefficient (Wildman–Crippen LogP) is 4.35. The minimum absolute atomic E-state index is 0.0598. The highest BCUT2D eigenvalue weighted by atomic mass is 35.5. The zero-order valence-electron chi connectivity index (χ0n) is 16.3. The number of anilines is 1. The Morgan fingerprint density at radius 2 is 1.76 bits per heavy atom. The molecule has 2 aromatic rings. The van der Waals surface area contributed by atoms with Gasteiger partial charge in [-0.05, 0) is 50.6 Å². The molecule has 1 N–H and O–H groups in total. The van der Waals surface area contributed by atoms with E-state index in [0.29, 0.717) is 18.8 Å². The molecular formula is C20H22Cl2N2O4S. The van der Waals surface area contributed by atoms with Gasteiger partial charge in [-0.3, -0.25) is 9.52 Å². The van der Waals surface area contributed by atoms with E-state index in [4.69, 9.17) is 27.9 Å². The topological polar surface area (TPSA) is 75.7 Å². The third-order valence-electron chi connectivity index (χ3n) is 4.52. The fourth-order valence-electron chi connectivity index (χ4n) is 3.33. The van der Waals surface area contributed by atoms with Gasteiger partial charge in [0, 0.05) is 18.8 Å². The summed E-state index contributed by atoms with van der Waals surface area (Å²) in [7, 11) is -4.02. The van der Waals surface area contributed by atoms with Gasteiger partial charge < -0.3 is 9.64 Å². The molecule has 6 nitrogen and oxygen atoms in total. The average molecular weight is 457 g/mol. The van der Waals surface area contributed by atoms with Crippen molar-refractivity contribution in [2.45, 2.75) is 37.9 Å². The number of halogens is 2. The van der Waals surface area contributed by atoms with Crippen molar-refractivity contribution >= 4 is 44.8 Å². The number of aryl methyl sites for hydroxylation is 1. The lowest BCUT2D eigenvalue weighted by molar-refractivity contribution is -0.0586. The number of hydrogen-bond donors (Lipinski definition) is 1. The first-order chi connectivity index (χ1) is 13.6. The van der Waals surface area contributed by atoms with Crippen LogP contribution in [0.15, 0.2) is 41.3 Å². The number of morpholine rings is 1. The van der Waals surface area contributed by atoms with Crippen molar-refractivity contribution in [1.29, 1.82) is 0 Å². The van der Waals surface area contributed by atoms with Crippen molar-refractivity contribution in [2.75, 3.05) is 17.8 Å². The lowest BCUT2D eigenvalue weighted by Crippen LogP contribution is -2.48. The molecule has 0 aliphatic carbocycles. The summed E-state index contributed by atoms with van der Waals surface area (Å²) in [6.45, 7) is 6.40. The molecule has 1 aliphatic heterocycles. The summed E-state index contributed by atoms with van der Waals surface area (Å²) < 4.78 is 34.0. The van der Waals surface area contributed by atoms with Crippen LogP contribution in [-0.2, 0) is 14.8 Å². The molecule has 2 atom stereocenters. The van der Waals surface area contributed by atoms with Crippen LogP contribution in [0.3, 0.4) is 0 Å². The van der Waals surface area contributed by atoms with Crippen molar-refractivity contribution in [2.24, 2.45) is 0 Å². The molecule has 1 aliphatic rings. The normalized spacial score (nSPS) is 19.8. The molecule has 156 valence electrons. The maximum absolute atomic E-state index is 13.0. The molecule has 0 spiro atoms. The predicted molar refractivity (Wildman–Crippen MR) is 114 cm³/mol. The number of nitrogens with one attached hydrogen (secondary N) is 1. The molecule has 0 radical (unpaired) electrons. The van der Waals surface area contributed by atoms with Crippen molar-refractivity contribution in [3.63, 3.8) is 0 Å². The third kappa shape index (κ3) is 5.04. The van der Waals surface area contributed by atoms with E-state index in [-0.39, 0.29) is 38.6 Å². The number of hydrogen-bond acceptors (Lipinski definition) is 4. The number of benzene rings is 2. The van der Waals surface area contributed by atoms with Gasteiger partial charge in [-0.2, -0.15) is 0 Å². The number of sulfonamides is 1. The van der Waals surface area contributed by atoms with E-state index in [2.05, 4.69) is 4.72 Å². The second kappa shape index (κ2) is 8.52. The average Bonchev–Trinajstić information content (AvgIpc) is 2.59. The lowest BCUT2D eigenvalue weighted by atomic mass is 10.1. The summed E-state index contributed by atoms with van der Waals surface area (Å²) in [4.78, 5) is 14.4. The van der Waals surface area contributed by atoms with Crippen LogP contribution < -0.4 is 4.72 Å². The summed E-state index contributed by atoms with van der Waals surface area (Å²) in [6.07, 6.45) is -0.250. The first kappa shape index (κ1) is 21.9. The smallest absolute Gasteiger partial charge is 0.263 e. The van der Waals surface area contributed by atoms with Crippen LogP contribution in [0, 0.1) is 6.92 Å². The molecule has 0 bridgehead atoms. The van der Waals surface area contributed by atoms with E-state index in [1.807, 2.05) is 26.8 Å². The first-order valence-corrected chi connectivity index (χ1v) is 11.3. The Bertz CT molecular complexity index is 1030. The Labute approximate surface area is 180 Å². The molecule has 29 heavy (non-hydrogen) atoms. The lowest BCUT2D eigenvalue weighted by Gasteiger charge is -2.35. The van der Waals surface area contributed by atoms with Gasteiger partial charge in [-0.25, -0.2) is 8.42 Å². The second-order valence-electron chi connectivity index (χ2n) is 7.20. The summed E-state index contributed by atoms with van der Waals surface area (Å²) in [6, 6.07) is 9.45. The van der Waals surface area contributed by atoms with Gasteiger partial charge in [-0.1, -0.05) is 35.3 Å². The van der Waals surface area contributed by atoms with E-state index in [9.17, 15) is 13.2 Å². The second-order valence-corrected chi connectivity index (χ2v) is 9.67. The van der Waals surface area contributed by atoms with Gasteiger partial charge in [0.2, 0.25) is 0 Å². The van der Waals surface area contributed by atoms with E-state index >= 15 is 0 Å². The molecular weight excluding hydrogens is 435 g/mol. The first-order valence-electron chi connectivity index (χ1n) is 9.10. The SMILES string of the molecule is Cc1cccc(NS(=O)(=O)c2cc(C(=O)N3CC(C)OC(C)C3)c(Cl)cc2Cl)c1. The van der Waals surface area contributed by atoms with Crippen LogP contribution >= 0.6 is 23.2 Å². The van der Waals surface area contributed by atoms with Crippen molar-refractivity contribution in [3.8, 4) is 0 Å². The highest BCUT2D eigenvalue weighted by Gasteiger charge is 2.30. The van der Waals surface area contributed by atoms with Crippen molar-refractivity contribution < 1.29 is 17.9 Å². The molecule has 1 amide bonds. The van der Waals surface area contributed by atoms with Crippen LogP contribution in [0.25, 0.3) is 0 Å². The highest BCUT2D eigenvalue weighted by Crippen LogP contribution is 2.31. The van der Waals surface area contributed by atoms with Crippen LogP contribution in [0.4, 0.5) is 5.69 Å². The van der Waals surface area contributed by atoms with Crippen LogP contribution in [-0.4, -0.2) is 44.5 Å². The minimum atomic E-state index is -4.02. The number of nitrogens with zero attached hydrogens (tertiary/aromatic N) is 1. The number of rotatable bonds is 4. The van der Waals surface area contributed by atoms with Gasteiger partial charge in [0.05, 0.1) is 27.8 Å². The number of carbonyl (C=O) groups excluding carboxylic acids is 1. The fourth-order valence-corrected chi connectivity index (χ4v) is 5.24. The van der Waals surface area contributed by atoms with E-state index in [0.717, 1.165) is 5.56 Å². The van der Waals surface area contributed by atoms with Gasteiger partial charge in [0.1, 0.15) is 4.90 Å². The largest absolute Gasteiger partial charge is 0.372 e. The fraction of sp³-hybridized carbons (Fsp3) is 0.350. The molecule has 2 unspecified atom stereocenters. The monoisotopic (exact) mass is 456 g/mol. The Morgan fingerprint density at radius 3 is 2.38 bits per heavy atom.